The normalized spacial score (nSPS) is 17.3. The van der Waals surface area contributed by atoms with Gasteiger partial charge in [0.2, 0.25) is 5.13 Å². The Morgan fingerprint density at radius 2 is 1.89 bits per heavy atom. The van der Waals surface area contributed by atoms with Crippen molar-refractivity contribution in [2.24, 2.45) is 0 Å². The quantitative estimate of drug-likeness (QED) is 0.708. The van der Waals surface area contributed by atoms with Crippen LogP contribution in [0.2, 0.25) is 0 Å². The van der Waals surface area contributed by atoms with E-state index in [9.17, 15) is 4.79 Å². The summed E-state index contributed by atoms with van der Waals surface area (Å²) in [6.07, 6.45) is 4.60. The molecule has 1 amide bonds. The minimum atomic E-state index is -0.214. The molecule has 0 aliphatic heterocycles. The highest BCUT2D eigenvalue weighted by Crippen LogP contribution is 2.43. The number of rotatable bonds is 4. The maximum atomic E-state index is 13.2. The lowest BCUT2D eigenvalue weighted by atomic mass is 10.1. The van der Waals surface area contributed by atoms with Crippen LogP contribution < -0.4 is 5.32 Å². The van der Waals surface area contributed by atoms with Crippen LogP contribution >= 0.6 is 11.3 Å². The summed E-state index contributed by atoms with van der Waals surface area (Å²) < 4.78 is 1.94. The molecule has 5 rings (SSSR count). The maximum absolute atomic E-state index is 13.2. The first-order valence-corrected chi connectivity index (χ1v) is 10.7. The van der Waals surface area contributed by atoms with Crippen molar-refractivity contribution in [3.05, 3.63) is 28.0 Å². The van der Waals surface area contributed by atoms with Gasteiger partial charge >= 0.3 is 0 Å². The number of hydrogen-bond donors (Lipinski definition) is 1. The fourth-order valence-electron chi connectivity index (χ4n) is 3.49. The van der Waals surface area contributed by atoms with Crippen molar-refractivity contribution in [1.29, 1.82) is 0 Å². The van der Waals surface area contributed by atoms with Gasteiger partial charge in [-0.05, 0) is 59.4 Å². The molecular formula is C20H24N6OS. The minimum Gasteiger partial charge on any atom is -0.296 e. The van der Waals surface area contributed by atoms with E-state index < -0.39 is 0 Å². The van der Waals surface area contributed by atoms with Gasteiger partial charge in [0, 0.05) is 17.5 Å². The highest BCUT2D eigenvalue weighted by Gasteiger charge is 2.31. The number of nitrogens with one attached hydrogen (secondary N) is 1. The molecule has 0 radical (unpaired) electrons. The lowest BCUT2D eigenvalue weighted by molar-refractivity contribution is 0.102. The molecule has 0 saturated heterocycles. The van der Waals surface area contributed by atoms with Crippen molar-refractivity contribution in [3.8, 4) is 0 Å². The van der Waals surface area contributed by atoms with Gasteiger partial charge in [0.15, 0.2) is 5.65 Å². The van der Waals surface area contributed by atoms with Crippen LogP contribution in [0.3, 0.4) is 0 Å². The Morgan fingerprint density at radius 1 is 1.18 bits per heavy atom. The Morgan fingerprint density at radius 3 is 2.54 bits per heavy atom. The zero-order chi connectivity index (χ0) is 19.6. The van der Waals surface area contributed by atoms with Crippen LogP contribution in [0.5, 0.6) is 0 Å². The Kier molecular flexibility index (Phi) is 3.84. The second-order valence-corrected chi connectivity index (χ2v) is 9.92. The number of hydrogen-bond acceptors (Lipinski definition) is 6. The average Bonchev–Trinajstić information content (AvgIpc) is 3.56. The summed E-state index contributed by atoms with van der Waals surface area (Å²) in [6.45, 7) is 8.25. The van der Waals surface area contributed by atoms with Gasteiger partial charge in [-0.2, -0.15) is 5.10 Å². The molecule has 146 valence electrons. The number of carbonyl (C=O) groups is 1. The van der Waals surface area contributed by atoms with E-state index in [1.54, 1.807) is 0 Å². The summed E-state index contributed by atoms with van der Waals surface area (Å²) in [5.74, 6) is 0.816. The van der Waals surface area contributed by atoms with E-state index in [1.807, 2.05) is 17.7 Å². The monoisotopic (exact) mass is 396 g/mol. The second kappa shape index (κ2) is 6.07. The average molecular weight is 397 g/mol. The van der Waals surface area contributed by atoms with E-state index >= 15 is 0 Å². The number of carbonyl (C=O) groups excluding carboxylic acids is 1. The Hall–Kier alpha value is -2.35. The van der Waals surface area contributed by atoms with Crippen molar-refractivity contribution >= 4 is 33.4 Å². The Bertz CT molecular complexity index is 1080. The number of aromatic nitrogens is 5. The first-order chi connectivity index (χ1) is 13.3. The van der Waals surface area contributed by atoms with Gasteiger partial charge < -0.3 is 0 Å². The van der Waals surface area contributed by atoms with Gasteiger partial charge in [-0.15, -0.1) is 10.2 Å². The molecular weight excluding hydrogens is 372 g/mol. The van der Waals surface area contributed by atoms with E-state index in [0.29, 0.717) is 22.5 Å². The van der Waals surface area contributed by atoms with Crippen LogP contribution in [0.15, 0.2) is 6.07 Å². The molecule has 3 aromatic rings. The summed E-state index contributed by atoms with van der Waals surface area (Å²) >= 11 is 1.48. The predicted molar refractivity (Wildman–Crippen MR) is 109 cm³/mol. The summed E-state index contributed by atoms with van der Waals surface area (Å²) in [5.41, 5.74) is 3.01. The van der Waals surface area contributed by atoms with Crippen LogP contribution in [0.1, 0.15) is 85.0 Å². The lowest BCUT2D eigenvalue weighted by Crippen LogP contribution is -2.23. The van der Waals surface area contributed by atoms with E-state index in [1.165, 1.54) is 24.2 Å². The zero-order valence-electron chi connectivity index (χ0n) is 16.6. The van der Waals surface area contributed by atoms with Gasteiger partial charge in [0.05, 0.1) is 22.2 Å². The number of aryl methyl sites for hydroxylation is 1. The third-order valence-corrected chi connectivity index (χ3v) is 6.30. The van der Waals surface area contributed by atoms with Gasteiger partial charge in [-0.3, -0.25) is 10.1 Å². The molecule has 2 aliphatic rings. The minimum absolute atomic E-state index is 0.163. The van der Waals surface area contributed by atoms with Crippen LogP contribution in [-0.2, 0) is 5.54 Å². The highest BCUT2D eigenvalue weighted by atomic mass is 32.1. The standard InChI is InChI=1S/C20H24N6OS/c1-10-15-13(17(27)22-19-24-23-18(28-19)12-7-8-12)9-14(11-5-6-11)21-16(15)26(25-10)20(2,3)4/h9,11-12H,5-8H2,1-4H3,(H,22,24,27). The predicted octanol–water partition coefficient (Wildman–Crippen LogP) is 4.35. The molecule has 2 fully saturated rings. The molecule has 7 nitrogen and oxygen atoms in total. The van der Waals surface area contributed by atoms with E-state index in [2.05, 4.69) is 36.3 Å². The van der Waals surface area contributed by atoms with Crippen LogP contribution in [0.4, 0.5) is 5.13 Å². The fourth-order valence-corrected chi connectivity index (χ4v) is 4.40. The molecule has 8 heteroatoms. The molecule has 0 unspecified atom stereocenters. The van der Waals surface area contributed by atoms with Gasteiger partial charge in [0.1, 0.15) is 5.01 Å². The molecule has 3 heterocycles. The number of amides is 1. The van der Waals surface area contributed by atoms with Crippen molar-refractivity contribution < 1.29 is 4.79 Å². The Balaban J connectivity index is 1.58. The second-order valence-electron chi connectivity index (χ2n) is 8.91. The summed E-state index contributed by atoms with van der Waals surface area (Å²) in [7, 11) is 0. The van der Waals surface area contributed by atoms with Crippen LogP contribution in [-0.4, -0.2) is 30.9 Å². The van der Waals surface area contributed by atoms with E-state index in [4.69, 9.17) is 10.1 Å². The molecule has 0 spiro atoms. The summed E-state index contributed by atoms with van der Waals surface area (Å²) in [6, 6.07) is 1.94. The molecule has 0 bridgehead atoms. The lowest BCUT2D eigenvalue weighted by Gasteiger charge is -2.20. The molecule has 3 aromatic heterocycles. The summed E-state index contributed by atoms with van der Waals surface area (Å²) in [5, 5.41) is 18.5. The van der Waals surface area contributed by atoms with Crippen molar-refractivity contribution in [3.63, 3.8) is 0 Å². The van der Waals surface area contributed by atoms with Crippen molar-refractivity contribution in [1.82, 2.24) is 25.0 Å². The number of pyridine rings is 1. The largest absolute Gasteiger partial charge is 0.296 e. The third-order valence-electron chi connectivity index (χ3n) is 5.30. The SMILES string of the molecule is Cc1nn(C(C)(C)C)c2nc(C3CC3)cc(C(=O)Nc3nnc(C4CC4)s3)c12. The number of fused-ring (bicyclic) bond motifs is 1. The molecule has 28 heavy (non-hydrogen) atoms. The van der Waals surface area contributed by atoms with Crippen LogP contribution in [0, 0.1) is 6.92 Å². The van der Waals surface area contributed by atoms with Gasteiger partial charge in [-0.1, -0.05) is 11.3 Å². The van der Waals surface area contributed by atoms with Crippen LogP contribution in [0.25, 0.3) is 11.0 Å². The highest BCUT2D eigenvalue weighted by molar-refractivity contribution is 7.15. The smallest absolute Gasteiger partial charge is 0.258 e. The molecule has 1 N–H and O–H groups in total. The third kappa shape index (κ3) is 3.09. The van der Waals surface area contributed by atoms with Gasteiger partial charge in [-0.25, -0.2) is 9.67 Å². The van der Waals surface area contributed by atoms with Gasteiger partial charge in [0.25, 0.3) is 5.91 Å². The first-order valence-electron chi connectivity index (χ1n) is 9.87. The molecule has 0 atom stereocenters. The summed E-state index contributed by atoms with van der Waals surface area (Å²) in [4.78, 5) is 18.1. The topological polar surface area (TPSA) is 85.6 Å². The van der Waals surface area contributed by atoms with Crippen molar-refractivity contribution in [2.45, 2.75) is 70.8 Å². The molecule has 0 aromatic carbocycles. The molecule has 2 saturated carbocycles. The van der Waals surface area contributed by atoms with E-state index in [0.717, 1.165) is 40.3 Å². The van der Waals surface area contributed by atoms with E-state index in [-0.39, 0.29) is 11.4 Å². The fraction of sp³-hybridized carbons (Fsp3) is 0.550. The Labute approximate surface area is 167 Å². The molecule has 2 aliphatic carbocycles. The maximum Gasteiger partial charge on any atom is 0.258 e. The number of nitrogens with zero attached hydrogens (tertiary/aromatic N) is 5. The number of anilines is 1. The first kappa shape index (κ1) is 17.7. The van der Waals surface area contributed by atoms with Crippen molar-refractivity contribution in [2.75, 3.05) is 5.32 Å². The zero-order valence-corrected chi connectivity index (χ0v) is 17.4.